The Morgan fingerprint density at radius 2 is 2.23 bits per heavy atom. The first kappa shape index (κ1) is 9.74. The Balaban J connectivity index is 2.84. The van der Waals surface area contributed by atoms with Crippen LogP contribution < -0.4 is 0 Å². The lowest BCUT2D eigenvalue weighted by Crippen LogP contribution is -1.80. The van der Waals surface area contributed by atoms with E-state index < -0.39 is 0 Å². The van der Waals surface area contributed by atoms with Crippen molar-refractivity contribution >= 4 is 55.6 Å². The second-order valence-electron chi connectivity index (χ2n) is 2.88. The largest absolute Gasteiger partial charge is 0.142 e. The predicted octanol–water partition coefficient (Wildman–Crippen LogP) is 4.72. The van der Waals surface area contributed by atoms with Gasteiger partial charge in [-0.25, -0.2) is 0 Å². The van der Waals surface area contributed by atoms with Crippen molar-refractivity contribution in [3.8, 4) is 0 Å². The van der Waals surface area contributed by atoms with Crippen LogP contribution in [-0.2, 0) is 6.42 Å². The van der Waals surface area contributed by atoms with Crippen LogP contribution in [0.4, 0.5) is 0 Å². The molecule has 0 saturated carbocycles. The Morgan fingerprint density at radius 3 is 2.92 bits per heavy atom. The quantitative estimate of drug-likeness (QED) is 0.666. The second kappa shape index (κ2) is 3.75. The summed E-state index contributed by atoms with van der Waals surface area (Å²) in [7, 11) is 0. The van der Waals surface area contributed by atoms with Gasteiger partial charge in [0.2, 0.25) is 0 Å². The van der Waals surface area contributed by atoms with Crippen molar-refractivity contribution in [2.24, 2.45) is 0 Å². The molecular formula is C10H8ClIS. The summed E-state index contributed by atoms with van der Waals surface area (Å²) in [4.78, 5) is 0. The zero-order chi connectivity index (χ0) is 9.42. The van der Waals surface area contributed by atoms with Crippen LogP contribution in [0.1, 0.15) is 12.5 Å². The molecule has 13 heavy (non-hydrogen) atoms. The Kier molecular flexibility index (Phi) is 2.81. The van der Waals surface area contributed by atoms with Crippen molar-refractivity contribution in [1.82, 2.24) is 0 Å². The van der Waals surface area contributed by atoms with Gasteiger partial charge in [-0.05, 0) is 46.7 Å². The van der Waals surface area contributed by atoms with E-state index in [9.17, 15) is 0 Å². The minimum atomic E-state index is 0.848. The van der Waals surface area contributed by atoms with Crippen LogP contribution in [0.2, 0.25) is 5.02 Å². The maximum absolute atomic E-state index is 6.03. The maximum atomic E-state index is 6.03. The van der Waals surface area contributed by atoms with Gasteiger partial charge in [0.15, 0.2) is 0 Å². The summed E-state index contributed by atoms with van der Waals surface area (Å²) in [6, 6.07) is 4.12. The average Bonchev–Trinajstić information content (AvgIpc) is 2.47. The molecule has 1 aromatic carbocycles. The molecule has 0 aliphatic carbocycles. The van der Waals surface area contributed by atoms with E-state index in [0.717, 1.165) is 11.4 Å². The van der Waals surface area contributed by atoms with Gasteiger partial charge in [-0.1, -0.05) is 18.5 Å². The highest BCUT2D eigenvalue weighted by molar-refractivity contribution is 14.1. The number of aryl methyl sites for hydroxylation is 1. The molecule has 0 N–H and O–H groups in total. The number of thiophene rings is 1. The lowest BCUT2D eigenvalue weighted by Gasteiger charge is -2.00. The molecule has 0 amide bonds. The second-order valence-corrected chi connectivity index (χ2v) is 5.36. The highest BCUT2D eigenvalue weighted by Crippen LogP contribution is 2.33. The monoisotopic (exact) mass is 322 g/mol. The van der Waals surface area contributed by atoms with E-state index in [4.69, 9.17) is 11.6 Å². The van der Waals surface area contributed by atoms with Gasteiger partial charge in [-0.3, -0.25) is 0 Å². The molecule has 0 atom stereocenters. The number of rotatable bonds is 1. The highest BCUT2D eigenvalue weighted by Gasteiger charge is 2.06. The third-order valence-electron chi connectivity index (χ3n) is 2.05. The fourth-order valence-electron chi connectivity index (χ4n) is 1.40. The molecule has 68 valence electrons. The molecule has 0 nitrogen and oxygen atoms in total. The summed E-state index contributed by atoms with van der Waals surface area (Å²) >= 11 is 10.2. The Hall–Kier alpha value is 0.200. The number of hydrogen-bond donors (Lipinski definition) is 0. The van der Waals surface area contributed by atoms with Crippen LogP contribution in [0.25, 0.3) is 10.1 Å². The lowest BCUT2D eigenvalue weighted by molar-refractivity contribution is 1.16. The number of halogens is 2. The van der Waals surface area contributed by atoms with Crippen LogP contribution >= 0.6 is 45.5 Å². The van der Waals surface area contributed by atoms with Crippen molar-refractivity contribution in [3.63, 3.8) is 0 Å². The van der Waals surface area contributed by atoms with Crippen molar-refractivity contribution in [2.75, 3.05) is 0 Å². The van der Waals surface area contributed by atoms with Crippen LogP contribution in [0, 0.1) is 3.57 Å². The molecule has 0 aliphatic rings. The predicted molar refractivity (Wildman–Crippen MR) is 68.9 cm³/mol. The first-order valence-electron chi connectivity index (χ1n) is 4.07. The summed E-state index contributed by atoms with van der Waals surface area (Å²) in [6.45, 7) is 2.16. The van der Waals surface area contributed by atoms with Gasteiger partial charge in [0.05, 0.1) is 0 Å². The van der Waals surface area contributed by atoms with Crippen LogP contribution in [0.15, 0.2) is 17.5 Å². The topological polar surface area (TPSA) is 0 Å². The molecule has 1 aromatic heterocycles. The lowest BCUT2D eigenvalue weighted by atomic mass is 10.1. The first-order chi connectivity index (χ1) is 6.22. The van der Waals surface area contributed by atoms with Gasteiger partial charge < -0.3 is 0 Å². The summed E-state index contributed by atoms with van der Waals surface area (Å²) in [5, 5.41) is 4.33. The van der Waals surface area contributed by atoms with Crippen molar-refractivity contribution in [2.45, 2.75) is 13.3 Å². The Labute approximate surface area is 100 Å². The zero-order valence-electron chi connectivity index (χ0n) is 7.10. The van der Waals surface area contributed by atoms with Crippen LogP contribution in [0.3, 0.4) is 0 Å². The molecular weight excluding hydrogens is 315 g/mol. The maximum Gasteiger partial charge on any atom is 0.0416 e. The number of benzene rings is 1. The van der Waals surface area contributed by atoms with E-state index in [0.29, 0.717) is 0 Å². The fourth-order valence-corrected chi connectivity index (χ4v) is 3.63. The molecule has 2 aromatic rings. The van der Waals surface area contributed by atoms with Gasteiger partial charge in [-0.2, -0.15) is 0 Å². The molecule has 1 heterocycles. The molecule has 0 spiro atoms. The number of fused-ring (bicyclic) bond motifs is 1. The van der Waals surface area contributed by atoms with Crippen molar-refractivity contribution < 1.29 is 0 Å². The van der Waals surface area contributed by atoms with E-state index in [-0.39, 0.29) is 0 Å². The Bertz CT molecular complexity index is 447. The molecule has 0 unspecified atom stereocenters. The van der Waals surface area contributed by atoms with E-state index in [1.165, 1.54) is 19.2 Å². The molecule has 0 fully saturated rings. The van der Waals surface area contributed by atoms with Crippen LogP contribution in [-0.4, -0.2) is 0 Å². The molecule has 2 rings (SSSR count). The summed E-state index contributed by atoms with van der Waals surface area (Å²) in [5.74, 6) is 0. The third-order valence-corrected chi connectivity index (χ3v) is 4.65. The summed E-state index contributed by atoms with van der Waals surface area (Å²) < 4.78 is 2.69. The standard InChI is InChI=1S/C10H8ClIS/c1-2-6-3-7(11)4-8-9(12)5-13-10(6)8/h3-5H,2H2,1H3. The number of hydrogen-bond acceptors (Lipinski definition) is 1. The van der Waals surface area contributed by atoms with Gasteiger partial charge in [0.1, 0.15) is 0 Å². The first-order valence-corrected chi connectivity index (χ1v) is 6.41. The van der Waals surface area contributed by atoms with Gasteiger partial charge in [0, 0.05) is 24.1 Å². The molecule has 0 aliphatic heterocycles. The van der Waals surface area contributed by atoms with Crippen molar-refractivity contribution in [3.05, 3.63) is 31.7 Å². The van der Waals surface area contributed by atoms with E-state index >= 15 is 0 Å². The molecule has 3 heteroatoms. The van der Waals surface area contributed by atoms with Gasteiger partial charge in [0.25, 0.3) is 0 Å². The SMILES string of the molecule is CCc1cc(Cl)cc2c(I)csc12. The minimum absolute atomic E-state index is 0.848. The smallest absolute Gasteiger partial charge is 0.0416 e. The van der Waals surface area contributed by atoms with E-state index in [1.54, 1.807) is 0 Å². The summed E-state index contributed by atoms with van der Waals surface area (Å²) in [6.07, 6.45) is 1.05. The fraction of sp³-hybridized carbons (Fsp3) is 0.200. The van der Waals surface area contributed by atoms with Crippen LogP contribution in [0.5, 0.6) is 0 Å². The Morgan fingerprint density at radius 1 is 1.46 bits per heavy atom. The zero-order valence-corrected chi connectivity index (χ0v) is 10.8. The normalized spacial score (nSPS) is 11.0. The van der Waals surface area contributed by atoms with E-state index in [1.807, 2.05) is 17.4 Å². The van der Waals surface area contributed by atoms with E-state index in [2.05, 4.69) is 41.0 Å². The molecule has 0 bridgehead atoms. The van der Waals surface area contributed by atoms with Crippen molar-refractivity contribution in [1.29, 1.82) is 0 Å². The third kappa shape index (κ3) is 1.72. The minimum Gasteiger partial charge on any atom is -0.142 e. The van der Waals surface area contributed by atoms with Gasteiger partial charge >= 0.3 is 0 Å². The average molecular weight is 323 g/mol. The highest BCUT2D eigenvalue weighted by atomic mass is 127. The summed E-state index contributed by atoms with van der Waals surface area (Å²) in [5.41, 5.74) is 1.36. The van der Waals surface area contributed by atoms with Gasteiger partial charge in [-0.15, -0.1) is 11.3 Å². The molecule has 0 radical (unpaired) electrons. The molecule has 0 saturated heterocycles.